The zero-order valence-electron chi connectivity index (χ0n) is 14.2. The molecule has 0 aliphatic heterocycles. The fraction of sp³-hybridized carbons (Fsp3) is 0.250. The zero-order chi connectivity index (χ0) is 17.9. The van der Waals surface area contributed by atoms with Crippen LogP contribution < -0.4 is 4.31 Å². The maximum Gasteiger partial charge on any atom is 0.271 e. The van der Waals surface area contributed by atoms with Crippen LogP contribution in [0.1, 0.15) is 31.2 Å². The number of allylic oxidation sites excluding steroid dienone is 1. The number of carbonyl (C=O) groups excluding carboxylic acids is 1. The minimum atomic E-state index is -3.97. The van der Waals surface area contributed by atoms with Crippen molar-refractivity contribution in [3.63, 3.8) is 0 Å². The summed E-state index contributed by atoms with van der Waals surface area (Å²) < 4.78 is 27.2. The van der Waals surface area contributed by atoms with Gasteiger partial charge in [-0.05, 0) is 56.9 Å². The van der Waals surface area contributed by atoms with Crippen LogP contribution in [0.4, 0.5) is 5.69 Å². The number of amides is 1. The molecule has 1 amide bonds. The molecular weight excluding hydrogens is 334 g/mol. The van der Waals surface area contributed by atoms with Gasteiger partial charge in [-0.15, -0.1) is 0 Å². The molecule has 1 aliphatic carbocycles. The summed E-state index contributed by atoms with van der Waals surface area (Å²) in [7, 11) is -3.97. The summed E-state index contributed by atoms with van der Waals surface area (Å²) in [5, 5.41) is 0. The monoisotopic (exact) mass is 355 g/mol. The number of benzene rings is 2. The van der Waals surface area contributed by atoms with E-state index in [4.69, 9.17) is 0 Å². The lowest BCUT2D eigenvalue weighted by Gasteiger charge is -2.21. The van der Waals surface area contributed by atoms with E-state index < -0.39 is 15.9 Å². The largest absolute Gasteiger partial charge is 0.271 e. The summed E-state index contributed by atoms with van der Waals surface area (Å²) >= 11 is 0. The van der Waals surface area contributed by atoms with Crippen LogP contribution in [-0.2, 0) is 14.8 Å². The molecule has 0 aromatic heterocycles. The summed E-state index contributed by atoms with van der Waals surface area (Å²) in [4.78, 5) is 13.0. The van der Waals surface area contributed by atoms with Gasteiger partial charge in [0.2, 0.25) is 0 Å². The molecule has 0 heterocycles. The van der Waals surface area contributed by atoms with Gasteiger partial charge < -0.3 is 0 Å². The van der Waals surface area contributed by atoms with Crippen molar-refractivity contribution in [3.8, 4) is 0 Å². The number of aryl methyl sites for hydroxylation is 1. The second kappa shape index (κ2) is 7.23. The highest BCUT2D eigenvalue weighted by Crippen LogP contribution is 2.27. The first kappa shape index (κ1) is 17.4. The number of rotatable bonds is 4. The Morgan fingerprint density at radius 3 is 2.16 bits per heavy atom. The number of sulfonamides is 1. The first-order valence-electron chi connectivity index (χ1n) is 8.39. The highest BCUT2D eigenvalue weighted by atomic mass is 32.2. The van der Waals surface area contributed by atoms with E-state index in [9.17, 15) is 13.2 Å². The fourth-order valence-electron chi connectivity index (χ4n) is 2.97. The van der Waals surface area contributed by atoms with Crippen LogP contribution in [0.3, 0.4) is 0 Å². The Hall–Kier alpha value is -2.40. The quantitative estimate of drug-likeness (QED) is 0.772. The highest BCUT2D eigenvalue weighted by Gasteiger charge is 2.30. The molecule has 0 saturated heterocycles. The molecule has 0 N–H and O–H groups in total. The first-order valence-corrected chi connectivity index (χ1v) is 9.83. The molecule has 0 atom stereocenters. The minimum absolute atomic E-state index is 0.111. The minimum Gasteiger partial charge on any atom is -0.268 e. The van der Waals surface area contributed by atoms with Gasteiger partial charge in [-0.2, -0.15) is 4.31 Å². The van der Waals surface area contributed by atoms with Crippen LogP contribution in [-0.4, -0.2) is 14.3 Å². The molecule has 0 radical (unpaired) electrons. The van der Waals surface area contributed by atoms with Crippen molar-refractivity contribution in [1.29, 1.82) is 0 Å². The van der Waals surface area contributed by atoms with E-state index in [1.165, 1.54) is 18.2 Å². The Kier molecular flexibility index (Phi) is 5.04. The van der Waals surface area contributed by atoms with Gasteiger partial charge >= 0.3 is 0 Å². The molecular formula is C20H21NO3S. The fourth-order valence-corrected chi connectivity index (χ4v) is 4.35. The SMILES string of the molecule is Cc1ccc(S(=O)(=O)N(C(=O)C=C2CCCC2)c2ccccc2)cc1. The van der Waals surface area contributed by atoms with Gasteiger partial charge in [0.15, 0.2) is 0 Å². The summed E-state index contributed by atoms with van der Waals surface area (Å²) in [5.41, 5.74) is 2.33. The van der Waals surface area contributed by atoms with Gasteiger partial charge in [0.25, 0.3) is 15.9 Å². The Labute approximate surface area is 148 Å². The van der Waals surface area contributed by atoms with Crippen LogP contribution in [0.5, 0.6) is 0 Å². The van der Waals surface area contributed by atoms with E-state index in [2.05, 4.69) is 0 Å². The van der Waals surface area contributed by atoms with Gasteiger partial charge in [0.1, 0.15) is 0 Å². The van der Waals surface area contributed by atoms with Crippen LogP contribution in [0.2, 0.25) is 0 Å². The van der Waals surface area contributed by atoms with Crippen LogP contribution in [0.25, 0.3) is 0 Å². The van der Waals surface area contributed by atoms with Crippen molar-refractivity contribution in [2.24, 2.45) is 0 Å². The molecule has 4 nitrogen and oxygen atoms in total. The third-order valence-electron chi connectivity index (χ3n) is 4.32. The van der Waals surface area contributed by atoms with Crippen molar-refractivity contribution < 1.29 is 13.2 Å². The van der Waals surface area contributed by atoms with Gasteiger partial charge in [-0.3, -0.25) is 4.79 Å². The molecule has 0 unspecified atom stereocenters. The molecule has 130 valence electrons. The number of carbonyl (C=O) groups is 1. The summed E-state index contributed by atoms with van der Waals surface area (Å²) in [6, 6.07) is 15.1. The molecule has 25 heavy (non-hydrogen) atoms. The second-order valence-corrected chi connectivity index (χ2v) is 8.05. The zero-order valence-corrected chi connectivity index (χ0v) is 15.0. The van der Waals surface area contributed by atoms with Gasteiger partial charge in [-0.1, -0.05) is 41.5 Å². The van der Waals surface area contributed by atoms with E-state index in [1.807, 2.05) is 6.92 Å². The maximum atomic E-state index is 13.1. The third kappa shape index (κ3) is 3.82. The van der Waals surface area contributed by atoms with Crippen molar-refractivity contribution in [2.45, 2.75) is 37.5 Å². The average molecular weight is 355 g/mol. The summed E-state index contributed by atoms with van der Waals surface area (Å²) in [6.45, 7) is 1.89. The Morgan fingerprint density at radius 1 is 0.960 bits per heavy atom. The van der Waals surface area contributed by atoms with Crippen molar-refractivity contribution in [1.82, 2.24) is 0 Å². The van der Waals surface area contributed by atoms with E-state index in [0.29, 0.717) is 5.69 Å². The van der Waals surface area contributed by atoms with Crippen molar-refractivity contribution >= 4 is 21.6 Å². The lowest BCUT2D eigenvalue weighted by atomic mass is 10.2. The van der Waals surface area contributed by atoms with Crippen molar-refractivity contribution in [3.05, 3.63) is 71.8 Å². The summed E-state index contributed by atoms with van der Waals surface area (Å²) in [6.07, 6.45) is 5.31. The van der Waals surface area contributed by atoms with E-state index in [-0.39, 0.29) is 4.90 Å². The van der Waals surface area contributed by atoms with E-state index >= 15 is 0 Å². The number of nitrogens with zero attached hydrogens (tertiary/aromatic N) is 1. The maximum absolute atomic E-state index is 13.1. The molecule has 3 rings (SSSR count). The number of hydrogen-bond acceptors (Lipinski definition) is 3. The van der Waals surface area contributed by atoms with Crippen molar-refractivity contribution in [2.75, 3.05) is 4.31 Å². The predicted molar refractivity (Wildman–Crippen MR) is 98.8 cm³/mol. The molecule has 1 aliphatic rings. The van der Waals surface area contributed by atoms with Gasteiger partial charge in [0, 0.05) is 6.08 Å². The van der Waals surface area contributed by atoms with Crippen LogP contribution in [0, 0.1) is 6.92 Å². The smallest absolute Gasteiger partial charge is 0.268 e. The number of para-hydroxylation sites is 1. The lowest BCUT2D eigenvalue weighted by molar-refractivity contribution is -0.113. The van der Waals surface area contributed by atoms with E-state index in [1.54, 1.807) is 42.5 Å². The molecule has 0 spiro atoms. The van der Waals surface area contributed by atoms with Gasteiger partial charge in [0.05, 0.1) is 10.6 Å². The van der Waals surface area contributed by atoms with Crippen LogP contribution >= 0.6 is 0 Å². The summed E-state index contributed by atoms with van der Waals surface area (Å²) in [5.74, 6) is -0.510. The predicted octanol–water partition coefficient (Wildman–Crippen LogP) is 4.22. The van der Waals surface area contributed by atoms with E-state index in [0.717, 1.165) is 41.1 Å². The standard InChI is InChI=1S/C20H21NO3S/c1-16-11-13-19(14-12-16)25(23,24)21(18-9-3-2-4-10-18)20(22)15-17-7-5-6-8-17/h2-4,9-15H,5-8H2,1H3. The average Bonchev–Trinajstić information content (AvgIpc) is 3.09. The molecule has 1 saturated carbocycles. The molecule has 0 bridgehead atoms. The Morgan fingerprint density at radius 2 is 1.56 bits per heavy atom. The third-order valence-corrected chi connectivity index (χ3v) is 6.06. The molecule has 2 aromatic carbocycles. The second-order valence-electron chi connectivity index (χ2n) is 6.27. The normalized spacial score (nSPS) is 14.4. The molecule has 1 fully saturated rings. The van der Waals surface area contributed by atoms with Gasteiger partial charge in [-0.25, -0.2) is 8.42 Å². The highest BCUT2D eigenvalue weighted by molar-refractivity contribution is 7.93. The lowest BCUT2D eigenvalue weighted by Crippen LogP contribution is -2.36. The first-order chi connectivity index (χ1) is 12.0. The van der Waals surface area contributed by atoms with Crippen LogP contribution in [0.15, 0.2) is 71.1 Å². The number of hydrogen-bond donors (Lipinski definition) is 0. The Bertz CT molecular complexity index is 876. The topological polar surface area (TPSA) is 54.5 Å². The molecule has 5 heteroatoms. The Balaban J connectivity index is 2.06. The molecule has 2 aromatic rings. The number of anilines is 1.